The largest absolute Gasteiger partial charge is 0.359 e. The summed E-state index contributed by atoms with van der Waals surface area (Å²) >= 11 is 1.63. The number of nitrogens with one attached hydrogen (secondary N) is 1. The number of imidazole rings is 1. The zero-order valence-corrected chi connectivity index (χ0v) is 18.2. The number of rotatable bonds is 5. The van der Waals surface area contributed by atoms with Crippen molar-refractivity contribution in [2.45, 2.75) is 46.7 Å². The molecule has 0 saturated heterocycles. The first-order valence-electron chi connectivity index (χ1n) is 9.77. The molecule has 0 fully saturated rings. The van der Waals surface area contributed by atoms with E-state index in [0.717, 1.165) is 36.6 Å². The Balaban J connectivity index is 2.01. The van der Waals surface area contributed by atoms with E-state index in [2.05, 4.69) is 27.2 Å². The fourth-order valence-electron chi connectivity index (χ4n) is 3.80. The maximum absolute atomic E-state index is 13.3. The van der Waals surface area contributed by atoms with Crippen LogP contribution in [0.4, 0.5) is 0 Å². The first-order chi connectivity index (χ1) is 13.2. The molecule has 2 aromatic rings. The van der Waals surface area contributed by atoms with Gasteiger partial charge >= 0.3 is 0 Å². The van der Waals surface area contributed by atoms with Crippen molar-refractivity contribution in [1.29, 1.82) is 0 Å². The second-order valence-electron chi connectivity index (χ2n) is 8.65. The van der Waals surface area contributed by atoms with E-state index in [9.17, 15) is 9.59 Å². The first-order valence-corrected chi connectivity index (χ1v) is 10.7. The van der Waals surface area contributed by atoms with Crippen molar-refractivity contribution in [2.75, 3.05) is 20.6 Å². The number of aromatic nitrogens is 2. The monoisotopic (exact) mass is 402 g/mol. The molecule has 28 heavy (non-hydrogen) atoms. The topological polar surface area (TPSA) is 67.2 Å². The van der Waals surface area contributed by atoms with Crippen LogP contribution in [0.2, 0.25) is 0 Å². The van der Waals surface area contributed by atoms with Crippen molar-refractivity contribution < 1.29 is 9.59 Å². The summed E-state index contributed by atoms with van der Waals surface area (Å²) in [6, 6.07) is 2.05. The number of nitrogens with zero attached hydrogens (tertiary/aromatic N) is 3. The quantitative estimate of drug-likeness (QED) is 0.778. The molecule has 2 aromatic heterocycles. The summed E-state index contributed by atoms with van der Waals surface area (Å²) in [5, 5.41) is 6.81. The molecule has 1 atom stereocenters. The molecule has 1 amide bonds. The minimum Gasteiger partial charge on any atom is -0.359 e. The van der Waals surface area contributed by atoms with Crippen LogP contribution in [0.5, 0.6) is 0 Å². The summed E-state index contributed by atoms with van der Waals surface area (Å²) in [5.74, 6) is 0.322. The zero-order valence-electron chi connectivity index (χ0n) is 17.4. The SMILES string of the molecule is CNC(=O)[C@@H](CC(=O)c1nc(-c2ccsc2)n2c1CN(C)CCC2)C(C)(C)C. The third-order valence-corrected chi connectivity index (χ3v) is 6.14. The summed E-state index contributed by atoms with van der Waals surface area (Å²) in [5.41, 5.74) is 2.23. The van der Waals surface area contributed by atoms with Gasteiger partial charge in [-0.15, -0.1) is 0 Å². The molecular weight excluding hydrogens is 372 g/mol. The lowest BCUT2D eigenvalue weighted by molar-refractivity contribution is -0.127. The molecule has 152 valence electrons. The third-order valence-electron chi connectivity index (χ3n) is 5.46. The van der Waals surface area contributed by atoms with Gasteiger partial charge in [-0.25, -0.2) is 4.98 Å². The van der Waals surface area contributed by atoms with Gasteiger partial charge in [0.05, 0.1) is 11.6 Å². The fraction of sp³-hybridized carbons (Fsp3) is 0.571. The second-order valence-corrected chi connectivity index (χ2v) is 9.43. The summed E-state index contributed by atoms with van der Waals surface area (Å²) in [4.78, 5) is 32.8. The Bertz CT molecular complexity index is 849. The van der Waals surface area contributed by atoms with E-state index < -0.39 is 5.92 Å². The third kappa shape index (κ3) is 4.20. The molecule has 0 aliphatic carbocycles. The van der Waals surface area contributed by atoms with E-state index in [1.807, 2.05) is 32.2 Å². The van der Waals surface area contributed by atoms with Crippen molar-refractivity contribution in [1.82, 2.24) is 19.8 Å². The Kier molecular flexibility index (Phi) is 6.05. The smallest absolute Gasteiger partial charge is 0.223 e. The molecule has 0 bridgehead atoms. The van der Waals surface area contributed by atoms with Crippen LogP contribution in [0.25, 0.3) is 11.4 Å². The van der Waals surface area contributed by atoms with Gasteiger partial charge < -0.3 is 14.8 Å². The number of hydrogen-bond donors (Lipinski definition) is 1. The molecule has 0 radical (unpaired) electrons. The molecule has 0 unspecified atom stereocenters. The van der Waals surface area contributed by atoms with Gasteiger partial charge in [-0.1, -0.05) is 20.8 Å². The van der Waals surface area contributed by atoms with Crippen LogP contribution in [-0.4, -0.2) is 46.8 Å². The lowest BCUT2D eigenvalue weighted by Gasteiger charge is -2.28. The zero-order chi connectivity index (χ0) is 20.5. The minimum atomic E-state index is -0.393. The highest BCUT2D eigenvalue weighted by atomic mass is 32.1. The van der Waals surface area contributed by atoms with Crippen LogP contribution in [0.1, 0.15) is 49.8 Å². The van der Waals surface area contributed by atoms with Gasteiger partial charge in [0, 0.05) is 37.5 Å². The number of amides is 1. The lowest BCUT2D eigenvalue weighted by Crippen LogP contribution is -2.37. The van der Waals surface area contributed by atoms with Gasteiger partial charge in [0.1, 0.15) is 11.5 Å². The van der Waals surface area contributed by atoms with Crippen molar-refractivity contribution in [3.8, 4) is 11.4 Å². The van der Waals surface area contributed by atoms with E-state index in [1.165, 1.54) is 0 Å². The molecule has 7 heteroatoms. The van der Waals surface area contributed by atoms with Crippen molar-refractivity contribution in [3.05, 3.63) is 28.2 Å². The van der Waals surface area contributed by atoms with E-state index in [-0.39, 0.29) is 23.5 Å². The normalized spacial score (nSPS) is 16.3. The molecule has 1 aliphatic heterocycles. The number of ketones is 1. The van der Waals surface area contributed by atoms with Gasteiger partial charge in [0.2, 0.25) is 5.91 Å². The maximum atomic E-state index is 13.3. The Morgan fingerprint density at radius 2 is 2.07 bits per heavy atom. The van der Waals surface area contributed by atoms with Gasteiger partial charge in [0.25, 0.3) is 0 Å². The number of hydrogen-bond acceptors (Lipinski definition) is 5. The predicted octanol–water partition coefficient (Wildman–Crippen LogP) is 3.43. The summed E-state index contributed by atoms with van der Waals surface area (Å²) < 4.78 is 2.20. The van der Waals surface area contributed by atoms with Crippen molar-refractivity contribution >= 4 is 23.0 Å². The Morgan fingerprint density at radius 3 is 2.68 bits per heavy atom. The number of Topliss-reactive ketones (excluding diaryl/α,β-unsaturated/α-hetero) is 1. The Labute approximate surface area is 171 Å². The number of carbonyl (C=O) groups excluding carboxylic acids is 2. The van der Waals surface area contributed by atoms with Crippen LogP contribution >= 0.6 is 11.3 Å². The fourth-order valence-corrected chi connectivity index (χ4v) is 4.44. The molecule has 0 aromatic carbocycles. The number of carbonyl (C=O) groups is 2. The summed E-state index contributed by atoms with van der Waals surface area (Å²) in [6.45, 7) is 8.53. The predicted molar refractivity (Wildman–Crippen MR) is 112 cm³/mol. The average molecular weight is 403 g/mol. The summed E-state index contributed by atoms with van der Waals surface area (Å²) in [7, 11) is 3.70. The van der Waals surface area contributed by atoms with Crippen LogP contribution < -0.4 is 5.32 Å². The highest BCUT2D eigenvalue weighted by Gasteiger charge is 2.35. The van der Waals surface area contributed by atoms with Crippen LogP contribution in [0, 0.1) is 11.3 Å². The Hall–Kier alpha value is -1.99. The van der Waals surface area contributed by atoms with Crippen molar-refractivity contribution in [3.63, 3.8) is 0 Å². The molecule has 1 aliphatic rings. The lowest BCUT2D eigenvalue weighted by atomic mass is 9.77. The number of fused-ring (bicyclic) bond motifs is 1. The molecular formula is C21H30N4O2S. The molecule has 3 rings (SSSR count). The van der Waals surface area contributed by atoms with Crippen LogP contribution in [0.3, 0.4) is 0 Å². The summed E-state index contributed by atoms with van der Waals surface area (Å²) in [6.07, 6.45) is 1.19. The van der Waals surface area contributed by atoms with Crippen molar-refractivity contribution in [2.24, 2.45) is 11.3 Å². The molecule has 6 nitrogen and oxygen atoms in total. The second kappa shape index (κ2) is 8.17. The maximum Gasteiger partial charge on any atom is 0.223 e. The average Bonchev–Trinajstić information content (AvgIpc) is 3.22. The van der Waals surface area contributed by atoms with Crippen LogP contribution in [0.15, 0.2) is 16.8 Å². The van der Waals surface area contributed by atoms with Gasteiger partial charge in [-0.05, 0) is 36.9 Å². The van der Waals surface area contributed by atoms with Gasteiger partial charge in [-0.3, -0.25) is 9.59 Å². The highest BCUT2D eigenvalue weighted by molar-refractivity contribution is 7.08. The highest BCUT2D eigenvalue weighted by Crippen LogP contribution is 2.32. The molecule has 0 saturated carbocycles. The molecule has 0 spiro atoms. The molecule has 3 heterocycles. The minimum absolute atomic E-state index is 0.0518. The van der Waals surface area contributed by atoms with E-state index in [4.69, 9.17) is 4.98 Å². The molecule has 1 N–H and O–H groups in total. The van der Waals surface area contributed by atoms with E-state index in [1.54, 1.807) is 18.4 Å². The van der Waals surface area contributed by atoms with Gasteiger partial charge in [-0.2, -0.15) is 11.3 Å². The first kappa shape index (κ1) is 20.7. The number of thiophene rings is 1. The Morgan fingerprint density at radius 1 is 1.32 bits per heavy atom. The van der Waals surface area contributed by atoms with E-state index >= 15 is 0 Å². The van der Waals surface area contributed by atoms with E-state index in [0.29, 0.717) is 12.2 Å². The van der Waals surface area contributed by atoms with Crippen LogP contribution in [-0.2, 0) is 17.9 Å². The standard InChI is InChI=1S/C21H30N4O2S/c1-21(2,3)15(20(27)22-4)11-17(26)18-16-12-24(5)8-6-9-25(16)19(23-18)14-7-10-28-13-14/h7,10,13,15H,6,8-9,11-12H2,1-5H3,(H,22,27)/t15-/m1/s1. The van der Waals surface area contributed by atoms with Gasteiger partial charge in [0.15, 0.2) is 5.78 Å².